The van der Waals surface area contributed by atoms with Crippen molar-refractivity contribution in [3.63, 3.8) is 0 Å². The Morgan fingerprint density at radius 2 is 1.84 bits per heavy atom. The number of hydrogen-bond acceptors (Lipinski definition) is 5. The van der Waals surface area contributed by atoms with Crippen LogP contribution in [0.15, 0.2) is 59.0 Å². The maximum atomic E-state index is 12.4. The van der Waals surface area contributed by atoms with Gasteiger partial charge >= 0.3 is 5.97 Å². The van der Waals surface area contributed by atoms with Crippen molar-refractivity contribution < 1.29 is 18.7 Å². The average Bonchev–Trinajstić information content (AvgIpc) is 3.03. The van der Waals surface area contributed by atoms with Crippen LogP contribution in [-0.2, 0) is 11.3 Å². The van der Waals surface area contributed by atoms with Crippen molar-refractivity contribution in [2.45, 2.75) is 19.4 Å². The van der Waals surface area contributed by atoms with Crippen LogP contribution in [-0.4, -0.2) is 12.6 Å². The van der Waals surface area contributed by atoms with Crippen molar-refractivity contribution in [2.75, 3.05) is 6.61 Å². The summed E-state index contributed by atoms with van der Waals surface area (Å²) >= 11 is 0. The second-order valence-electron chi connectivity index (χ2n) is 5.41. The maximum absolute atomic E-state index is 12.4. The van der Waals surface area contributed by atoms with Crippen LogP contribution in [0.4, 0.5) is 0 Å². The van der Waals surface area contributed by atoms with E-state index in [2.05, 4.69) is 0 Å². The lowest BCUT2D eigenvalue weighted by atomic mass is 10.1. The van der Waals surface area contributed by atoms with Gasteiger partial charge in [-0.3, -0.25) is 0 Å². The van der Waals surface area contributed by atoms with Gasteiger partial charge in [-0.05, 0) is 24.6 Å². The van der Waals surface area contributed by atoms with Crippen LogP contribution < -0.4 is 4.74 Å². The van der Waals surface area contributed by atoms with E-state index in [0.717, 1.165) is 5.39 Å². The van der Waals surface area contributed by atoms with Crippen molar-refractivity contribution in [2.24, 2.45) is 0 Å². The zero-order chi connectivity index (χ0) is 17.5. The van der Waals surface area contributed by atoms with Crippen molar-refractivity contribution >= 4 is 16.9 Å². The molecule has 0 spiro atoms. The number of benzene rings is 2. The van der Waals surface area contributed by atoms with Crippen molar-refractivity contribution in [3.05, 3.63) is 65.9 Å². The van der Waals surface area contributed by atoms with Gasteiger partial charge in [0.15, 0.2) is 0 Å². The Balaban J connectivity index is 1.82. The largest absolute Gasteiger partial charge is 0.489 e. The lowest BCUT2D eigenvalue weighted by Crippen LogP contribution is -2.09. The Kier molecular flexibility index (Phi) is 5.32. The van der Waals surface area contributed by atoms with E-state index in [0.29, 0.717) is 29.7 Å². The summed E-state index contributed by atoms with van der Waals surface area (Å²) in [4.78, 5) is 12.4. The molecule has 0 saturated carbocycles. The molecule has 0 aliphatic carbocycles. The molecule has 3 aromatic rings. The first kappa shape index (κ1) is 16.6. The fraction of sp³-hybridized carbons (Fsp3) is 0.200. The predicted octanol–water partition coefficient (Wildman–Crippen LogP) is 4.47. The number of nitrogens with zero attached hydrogens (tertiary/aromatic N) is 1. The molecule has 2 aromatic carbocycles. The monoisotopic (exact) mass is 335 g/mol. The van der Waals surface area contributed by atoms with Crippen molar-refractivity contribution in [1.82, 2.24) is 0 Å². The summed E-state index contributed by atoms with van der Waals surface area (Å²) in [5, 5.41) is 9.36. The smallest absolute Gasteiger partial charge is 0.374 e. The summed E-state index contributed by atoms with van der Waals surface area (Å²) in [5.41, 5.74) is 1.27. The average molecular weight is 335 g/mol. The molecule has 0 atom stereocenters. The molecule has 0 unspecified atom stereocenters. The first-order chi connectivity index (χ1) is 12.3. The Hall–Kier alpha value is -3.26. The minimum Gasteiger partial charge on any atom is -0.489 e. The Morgan fingerprint density at radius 1 is 1.08 bits per heavy atom. The van der Waals surface area contributed by atoms with Crippen molar-refractivity contribution in [3.8, 4) is 11.8 Å². The highest BCUT2D eigenvalue weighted by Gasteiger charge is 2.22. The van der Waals surface area contributed by atoms with Gasteiger partial charge in [0.05, 0.1) is 18.2 Å². The number of hydrogen-bond donors (Lipinski definition) is 0. The fourth-order valence-electron chi connectivity index (χ4n) is 2.46. The van der Waals surface area contributed by atoms with Crippen LogP contribution in [0, 0.1) is 11.3 Å². The van der Waals surface area contributed by atoms with Gasteiger partial charge in [-0.1, -0.05) is 36.4 Å². The number of ether oxygens (including phenoxy) is 2. The highest BCUT2D eigenvalue weighted by atomic mass is 16.5. The second-order valence-corrected chi connectivity index (χ2v) is 5.41. The summed E-state index contributed by atoms with van der Waals surface area (Å²) in [6.45, 7) is 0.381. The fourth-order valence-corrected chi connectivity index (χ4v) is 2.46. The molecule has 3 rings (SSSR count). The van der Waals surface area contributed by atoms with Crippen LogP contribution in [0.1, 0.15) is 29.0 Å². The SMILES string of the molecule is N#CCCCOC(=O)c1oc2ccccc2c1COc1ccccc1. The second kappa shape index (κ2) is 8.02. The number of carbonyl (C=O) groups excluding carboxylic acids is 1. The topological polar surface area (TPSA) is 72.5 Å². The molecule has 1 aromatic heterocycles. The Bertz CT molecular complexity index is 893. The predicted molar refractivity (Wildman–Crippen MR) is 92.1 cm³/mol. The highest BCUT2D eigenvalue weighted by Crippen LogP contribution is 2.28. The summed E-state index contributed by atoms with van der Waals surface area (Å²) in [7, 11) is 0. The molecular weight excluding hydrogens is 318 g/mol. The molecule has 126 valence electrons. The first-order valence-electron chi connectivity index (χ1n) is 8.02. The zero-order valence-electron chi connectivity index (χ0n) is 13.6. The van der Waals surface area contributed by atoms with E-state index in [1.54, 1.807) is 6.07 Å². The van der Waals surface area contributed by atoms with Gasteiger partial charge < -0.3 is 13.9 Å². The van der Waals surface area contributed by atoms with Gasteiger partial charge in [-0.15, -0.1) is 0 Å². The van der Waals surface area contributed by atoms with Crippen LogP contribution in [0.5, 0.6) is 5.75 Å². The van der Waals surface area contributed by atoms with Gasteiger partial charge in [0, 0.05) is 11.8 Å². The van der Waals surface area contributed by atoms with E-state index in [-0.39, 0.29) is 19.0 Å². The third-order valence-electron chi connectivity index (χ3n) is 3.68. The lowest BCUT2D eigenvalue weighted by molar-refractivity contribution is 0.0464. The summed E-state index contributed by atoms with van der Waals surface area (Å²) < 4.78 is 16.7. The molecule has 0 N–H and O–H groups in total. The molecule has 5 heteroatoms. The van der Waals surface area contributed by atoms with Crippen molar-refractivity contribution in [1.29, 1.82) is 5.26 Å². The summed E-state index contributed by atoms with van der Waals surface area (Å²) in [5.74, 6) is 0.316. The number of para-hydroxylation sites is 2. The van der Waals surface area contributed by atoms with E-state index in [4.69, 9.17) is 19.2 Å². The number of carbonyl (C=O) groups is 1. The van der Waals surface area contributed by atoms with Gasteiger partial charge in [-0.2, -0.15) is 5.26 Å². The number of nitriles is 1. The summed E-state index contributed by atoms with van der Waals surface area (Å²) in [6.07, 6.45) is 0.843. The molecule has 0 amide bonds. The van der Waals surface area contributed by atoms with Crippen LogP contribution in [0.25, 0.3) is 11.0 Å². The minimum atomic E-state index is -0.541. The first-order valence-corrected chi connectivity index (χ1v) is 8.02. The van der Waals surface area contributed by atoms with E-state index in [9.17, 15) is 4.79 Å². The normalized spacial score (nSPS) is 10.4. The van der Waals surface area contributed by atoms with Gasteiger partial charge in [-0.25, -0.2) is 4.79 Å². The van der Waals surface area contributed by atoms with E-state index in [1.165, 1.54) is 0 Å². The lowest BCUT2D eigenvalue weighted by Gasteiger charge is -2.07. The number of esters is 1. The third-order valence-corrected chi connectivity index (χ3v) is 3.68. The molecular formula is C20H17NO4. The van der Waals surface area contributed by atoms with Crippen LogP contribution >= 0.6 is 0 Å². The maximum Gasteiger partial charge on any atom is 0.374 e. The Labute approximate surface area is 145 Å². The van der Waals surface area contributed by atoms with Gasteiger partial charge in [0.2, 0.25) is 5.76 Å². The Morgan fingerprint density at radius 3 is 2.64 bits per heavy atom. The number of rotatable bonds is 7. The highest BCUT2D eigenvalue weighted by molar-refractivity contribution is 5.96. The standard InChI is InChI=1S/C20H17NO4/c21-12-6-7-13-23-20(22)19-17(14-24-15-8-2-1-3-9-15)16-10-4-5-11-18(16)25-19/h1-5,8-11H,6-7,13-14H2. The van der Waals surface area contributed by atoms with E-state index < -0.39 is 5.97 Å². The summed E-state index contributed by atoms with van der Waals surface area (Å²) in [6, 6.07) is 18.8. The molecule has 0 radical (unpaired) electrons. The molecule has 0 aliphatic rings. The van der Waals surface area contributed by atoms with Gasteiger partial charge in [0.1, 0.15) is 17.9 Å². The molecule has 1 heterocycles. The minimum absolute atomic E-state index is 0.147. The number of furan rings is 1. The van der Waals surface area contributed by atoms with E-state index >= 15 is 0 Å². The van der Waals surface area contributed by atoms with Crippen LogP contribution in [0.3, 0.4) is 0 Å². The van der Waals surface area contributed by atoms with E-state index in [1.807, 2.05) is 54.6 Å². The number of fused-ring (bicyclic) bond motifs is 1. The molecule has 25 heavy (non-hydrogen) atoms. The molecule has 0 fully saturated rings. The molecule has 0 bridgehead atoms. The molecule has 0 aliphatic heterocycles. The van der Waals surface area contributed by atoms with Crippen LogP contribution in [0.2, 0.25) is 0 Å². The molecule has 0 saturated heterocycles. The third kappa shape index (κ3) is 3.99. The quantitative estimate of drug-likeness (QED) is 0.470. The zero-order valence-corrected chi connectivity index (χ0v) is 13.6. The number of unbranched alkanes of at least 4 members (excludes halogenated alkanes) is 1. The van der Waals surface area contributed by atoms with Gasteiger partial charge in [0.25, 0.3) is 0 Å². The molecule has 5 nitrogen and oxygen atoms in total.